The predicted octanol–water partition coefficient (Wildman–Crippen LogP) is 4.05. The Kier molecular flexibility index (Phi) is 5.55. The van der Waals surface area contributed by atoms with Gasteiger partial charge < -0.3 is 10.3 Å². The number of nitrogens with one attached hydrogen (secondary N) is 2. The lowest BCUT2D eigenvalue weighted by Crippen LogP contribution is -2.16. The summed E-state index contributed by atoms with van der Waals surface area (Å²) in [6, 6.07) is 9.82. The zero-order valence-electron chi connectivity index (χ0n) is 14.3. The third kappa shape index (κ3) is 3.59. The van der Waals surface area contributed by atoms with E-state index in [4.69, 9.17) is 0 Å². The number of hydrogen-bond acceptors (Lipinski definition) is 3. The van der Waals surface area contributed by atoms with Gasteiger partial charge >= 0.3 is 0 Å². The molecule has 0 atom stereocenters. The highest BCUT2D eigenvalue weighted by molar-refractivity contribution is 7.91. The summed E-state index contributed by atoms with van der Waals surface area (Å²) < 4.78 is 51.2. The second-order valence-corrected chi connectivity index (χ2v) is 8.36. The standard InChI is InChI=1S/C19H18F2N2O2S.ClH/c20-19(21)12-1-3-13(4-2-12)26(24,25)14-5-6-17-16(11-14)15-7-9-22-10-8-18(15)23-17;/h1-6,11,19,22-23H,7-10H2;1H. The van der Waals surface area contributed by atoms with E-state index in [1.54, 1.807) is 18.2 Å². The van der Waals surface area contributed by atoms with Gasteiger partial charge in [-0.25, -0.2) is 17.2 Å². The molecule has 0 radical (unpaired) electrons. The first-order valence-corrected chi connectivity index (χ1v) is 9.92. The molecule has 2 N–H and O–H groups in total. The fraction of sp³-hybridized carbons (Fsp3) is 0.263. The summed E-state index contributed by atoms with van der Waals surface area (Å²) in [7, 11) is -3.76. The molecule has 0 bridgehead atoms. The molecule has 27 heavy (non-hydrogen) atoms. The molecule has 0 saturated heterocycles. The minimum Gasteiger partial charge on any atom is -0.358 e. The molecule has 0 unspecified atom stereocenters. The molecule has 4 rings (SSSR count). The highest BCUT2D eigenvalue weighted by atomic mass is 35.5. The van der Waals surface area contributed by atoms with Gasteiger partial charge in [0.05, 0.1) is 9.79 Å². The molecule has 2 aromatic carbocycles. The lowest BCUT2D eigenvalue weighted by atomic mass is 10.1. The lowest BCUT2D eigenvalue weighted by Gasteiger charge is -2.07. The molecule has 0 saturated carbocycles. The minimum absolute atomic E-state index is 0. The van der Waals surface area contributed by atoms with Crippen molar-refractivity contribution in [2.45, 2.75) is 29.1 Å². The van der Waals surface area contributed by atoms with Gasteiger partial charge in [0.15, 0.2) is 0 Å². The molecule has 1 aliphatic heterocycles. The molecule has 144 valence electrons. The normalized spacial score (nSPS) is 14.6. The molecule has 1 aliphatic rings. The van der Waals surface area contributed by atoms with E-state index in [1.165, 1.54) is 12.1 Å². The van der Waals surface area contributed by atoms with Gasteiger partial charge in [-0.15, -0.1) is 12.4 Å². The first kappa shape index (κ1) is 19.8. The van der Waals surface area contributed by atoms with Crippen molar-refractivity contribution >= 4 is 33.1 Å². The maximum absolute atomic E-state index is 12.9. The zero-order valence-corrected chi connectivity index (χ0v) is 16.0. The van der Waals surface area contributed by atoms with Gasteiger partial charge in [0.2, 0.25) is 9.84 Å². The highest BCUT2D eigenvalue weighted by Crippen LogP contribution is 2.30. The number of aromatic amines is 1. The van der Waals surface area contributed by atoms with Gasteiger partial charge in [-0.1, -0.05) is 12.1 Å². The maximum atomic E-state index is 12.9. The van der Waals surface area contributed by atoms with Crippen molar-refractivity contribution in [1.29, 1.82) is 0 Å². The van der Waals surface area contributed by atoms with E-state index >= 15 is 0 Å². The van der Waals surface area contributed by atoms with E-state index in [1.807, 2.05) is 0 Å². The van der Waals surface area contributed by atoms with Crippen LogP contribution < -0.4 is 5.32 Å². The number of alkyl halides is 2. The quantitative estimate of drug-likeness (QED) is 0.682. The van der Waals surface area contributed by atoms with Crippen LogP contribution in [0.15, 0.2) is 52.3 Å². The van der Waals surface area contributed by atoms with Crippen LogP contribution in [0.1, 0.15) is 23.2 Å². The van der Waals surface area contributed by atoms with Crippen molar-refractivity contribution in [3.8, 4) is 0 Å². The van der Waals surface area contributed by atoms with Crippen LogP contribution in [0.4, 0.5) is 8.78 Å². The summed E-state index contributed by atoms with van der Waals surface area (Å²) in [5.74, 6) is 0. The third-order valence-electron chi connectivity index (χ3n) is 4.82. The molecule has 3 aromatic rings. The van der Waals surface area contributed by atoms with E-state index < -0.39 is 16.3 Å². The van der Waals surface area contributed by atoms with Crippen molar-refractivity contribution in [1.82, 2.24) is 10.3 Å². The fourth-order valence-electron chi connectivity index (χ4n) is 3.43. The molecule has 0 spiro atoms. The van der Waals surface area contributed by atoms with Gasteiger partial charge in [-0.2, -0.15) is 0 Å². The lowest BCUT2D eigenvalue weighted by molar-refractivity contribution is 0.151. The van der Waals surface area contributed by atoms with Crippen LogP contribution in [0.25, 0.3) is 10.9 Å². The number of H-pyrrole nitrogens is 1. The van der Waals surface area contributed by atoms with Crippen molar-refractivity contribution in [2.75, 3.05) is 13.1 Å². The van der Waals surface area contributed by atoms with Crippen LogP contribution in [0.5, 0.6) is 0 Å². The van der Waals surface area contributed by atoms with E-state index in [0.29, 0.717) is 0 Å². The van der Waals surface area contributed by atoms with Gasteiger partial charge in [0.1, 0.15) is 0 Å². The van der Waals surface area contributed by atoms with Gasteiger partial charge in [0, 0.05) is 35.1 Å². The summed E-state index contributed by atoms with van der Waals surface area (Å²) in [6.07, 6.45) is -0.907. The van der Waals surface area contributed by atoms with E-state index in [-0.39, 0.29) is 27.8 Å². The van der Waals surface area contributed by atoms with Gasteiger partial charge in [-0.05, 0) is 48.9 Å². The molecule has 1 aromatic heterocycles. The predicted molar refractivity (Wildman–Crippen MR) is 103 cm³/mol. The topological polar surface area (TPSA) is 62.0 Å². The first-order valence-electron chi connectivity index (χ1n) is 8.44. The van der Waals surface area contributed by atoms with Crippen molar-refractivity contribution in [2.24, 2.45) is 0 Å². The number of rotatable bonds is 3. The summed E-state index contributed by atoms with van der Waals surface area (Å²) in [5, 5.41) is 4.24. The number of sulfone groups is 1. The van der Waals surface area contributed by atoms with Crippen LogP contribution in [-0.4, -0.2) is 26.5 Å². The SMILES string of the molecule is Cl.O=S(=O)(c1ccc(C(F)F)cc1)c1ccc2[nH]c3c(c2c1)CCNCC3. The van der Waals surface area contributed by atoms with Gasteiger partial charge in [-0.3, -0.25) is 0 Å². The Bertz CT molecular complexity index is 1060. The van der Waals surface area contributed by atoms with Crippen molar-refractivity contribution < 1.29 is 17.2 Å². The number of hydrogen-bond donors (Lipinski definition) is 2. The van der Waals surface area contributed by atoms with Crippen LogP contribution >= 0.6 is 12.4 Å². The summed E-state index contributed by atoms with van der Waals surface area (Å²) >= 11 is 0. The molecule has 8 heteroatoms. The fourth-order valence-corrected chi connectivity index (χ4v) is 4.72. The Labute approximate surface area is 162 Å². The Morgan fingerprint density at radius 3 is 2.30 bits per heavy atom. The number of aromatic nitrogens is 1. The summed E-state index contributed by atoms with van der Waals surface area (Å²) in [6.45, 7) is 1.74. The third-order valence-corrected chi connectivity index (χ3v) is 6.59. The molecular formula is C19H19ClF2N2O2S. The van der Waals surface area contributed by atoms with Gasteiger partial charge in [0.25, 0.3) is 6.43 Å². The molecule has 0 amide bonds. The number of benzene rings is 2. The molecule has 2 heterocycles. The molecular weight excluding hydrogens is 394 g/mol. The summed E-state index contributed by atoms with van der Waals surface area (Å²) in [5.41, 5.74) is 3.02. The van der Waals surface area contributed by atoms with E-state index in [0.717, 1.165) is 60.2 Å². The Balaban J connectivity index is 0.00000210. The average molecular weight is 413 g/mol. The number of halogens is 3. The largest absolute Gasteiger partial charge is 0.358 e. The average Bonchev–Trinajstić information content (AvgIpc) is 2.82. The van der Waals surface area contributed by atoms with Crippen LogP contribution in [0.2, 0.25) is 0 Å². The second-order valence-electron chi connectivity index (χ2n) is 6.41. The van der Waals surface area contributed by atoms with E-state index in [2.05, 4.69) is 10.3 Å². The van der Waals surface area contributed by atoms with Crippen LogP contribution in [-0.2, 0) is 22.7 Å². The maximum Gasteiger partial charge on any atom is 0.263 e. The Morgan fingerprint density at radius 2 is 1.59 bits per heavy atom. The zero-order chi connectivity index (χ0) is 18.3. The Hall–Kier alpha value is -1.96. The van der Waals surface area contributed by atoms with Crippen molar-refractivity contribution in [3.63, 3.8) is 0 Å². The minimum atomic E-state index is -3.76. The smallest absolute Gasteiger partial charge is 0.263 e. The highest BCUT2D eigenvalue weighted by Gasteiger charge is 2.21. The van der Waals surface area contributed by atoms with Crippen LogP contribution in [0.3, 0.4) is 0 Å². The molecule has 4 nitrogen and oxygen atoms in total. The first-order chi connectivity index (χ1) is 12.5. The Morgan fingerprint density at radius 1 is 0.926 bits per heavy atom. The van der Waals surface area contributed by atoms with E-state index in [9.17, 15) is 17.2 Å². The second kappa shape index (κ2) is 7.58. The monoisotopic (exact) mass is 412 g/mol. The van der Waals surface area contributed by atoms with Crippen LogP contribution in [0, 0.1) is 0 Å². The summed E-state index contributed by atoms with van der Waals surface area (Å²) in [4.78, 5) is 3.57. The molecule has 0 aliphatic carbocycles. The molecule has 0 fully saturated rings. The number of fused-ring (bicyclic) bond motifs is 3. The van der Waals surface area contributed by atoms with Crippen molar-refractivity contribution in [3.05, 3.63) is 59.3 Å².